The molecule has 3 rings (SSSR count). The molecule has 0 bridgehead atoms. The predicted octanol–water partition coefficient (Wildman–Crippen LogP) is 1.44. The highest BCUT2D eigenvalue weighted by molar-refractivity contribution is 5.45. The topological polar surface area (TPSA) is 51.0 Å². The zero-order chi connectivity index (χ0) is 14.7. The molecule has 0 radical (unpaired) electrons. The fourth-order valence-corrected chi connectivity index (χ4v) is 3.15. The molecular weight excluding hydrogens is 266 g/mol. The molecule has 1 aromatic rings. The fraction of sp³-hybridized carbons (Fsp3) is 0.625. The molecule has 1 unspecified atom stereocenters. The Hall–Kier alpha value is -1.30. The van der Waals surface area contributed by atoms with Gasteiger partial charge < -0.3 is 20.1 Å². The van der Waals surface area contributed by atoms with Gasteiger partial charge in [0.15, 0.2) is 11.5 Å². The van der Waals surface area contributed by atoms with Crippen molar-refractivity contribution in [2.75, 3.05) is 46.6 Å². The van der Waals surface area contributed by atoms with Gasteiger partial charge in [0.2, 0.25) is 6.79 Å². The number of likely N-dealkylation sites (N-methyl/N-ethyl adjacent to an activating group) is 1. The third-order valence-electron chi connectivity index (χ3n) is 4.50. The summed E-state index contributed by atoms with van der Waals surface area (Å²) in [5.41, 5.74) is 7.21. The largest absolute Gasteiger partial charge is 0.454 e. The highest BCUT2D eigenvalue weighted by Crippen LogP contribution is 2.35. The number of hydrogen-bond acceptors (Lipinski definition) is 5. The molecule has 2 aliphatic rings. The Morgan fingerprint density at radius 1 is 1.24 bits per heavy atom. The second-order valence-electron chi connectivity index (χ2n) is 5.89. The number of fused-ring (bicyclic) bond motifs is 1. The SMILES string of the molecule is CN(CCN1CCCC1)C(CN)c1ccc2c(c1)OCO2. The minimum atomic E-state index is 0.224. The zero-order valence-corrected chi connectivity index (χ0v) is 12.8. The van der Waals surface area contributed by atoms with Gasteiger partial charge in [-0.15, -0.1) is 0 Å². The molecule has 1 aromatic carbocycles. The van der Waals surface area contributed by atoms with E-state index in [1.807, 2.05) is 6.07 Å². The lowest BCUT2D eigenvalue weighted by Gasteiger charge is -2.29. The van der Waals surface area contributed by atoms with E-state index in [1.165, 1.54) is 31.5 Å². The van der Waals surface area contributed by atoms with E-state index >= 15 is 0 Å². The molecule has 2 aliphatic heterocycles. The summed E-state index contributed by atoms with van der Waals surface area (Å²) in [5, 5.41) is 0. The zero-order valence-electron chi connectivity index (χ0n) is 12.8. The maximum Gasteiger partial charge on any atom is 0.231 e. The summed E-state index contributed by atoms with van der Waals surface area (Å²) in [6, 6.07) is 6.36. The molecule has 1 saturated heterocycles. The van der Waals surface area contributed by atoms with Crippen LogP contribution in [0.25, 0.3) is 0 Å². The van der Waals surface area contributed by atoms with Gasteiger partial charge in [0, 0.05) is 25.7 Å². The average Bonchev–Trinajstić information content (AvgIpc) is 3.16. The maximum absolute atomic E-state index is 6.01. The van der Waals surface area contributed by atoms with Crippen molar-refractivity contribution in [2.45, 2.75) is 18.9 Å². The van der Waals surface area contributed by atoms with Crippen molar-refractivity contribution in [1.29, 1.82) is 0 Å². The first-order valence-electron chi connectivity index (χ1n) is 7.80. The summed E-state index contributed by atoms with van der Waals surface area (Å²) in [4.78, 5) is 4.87. The predicted molar refractivity (Wildman–Crippen MR) is 82.7 cm³/mol. The number of likely N-dealkylation sites (tertiary alicyclic amines) is 1. The minimum Gasteiger partial charge on any atom is -0.454 e. The standard InChI is InChI=1S/C16H25N3O2/c1-18(8-9-19-6-2-3-7-19)14(11-17)13-4-5-15-16(10-13)21-12-20-15/h4-5,10,14H,2-3,6-9,11-12,17H2,1H3. The van der Waals surface area contributed by atoms with Crippen molar-refractivity contribution in [3.8, 4) is 11.5 Å². The van der Waals surface area contributed by atoms with Crippen LogP contribution in [0, 0.1) is 0 Å². The van der Waals surface area contributed by atoms with Crippen LogP contribution in [0.5, 0.6) is 11.5 Å². The Bertz CT molecular complexity index is 475. The summed E-state index contributed by atoms with van der Waals surface area (Å²) in [6.07, 6.45) is 2.68. The van der Waals surface area contributed by atoms with E-state index in [0.29, 0.717) is 13.3 Å². The molecule has 0 saturated carbocycles. The number of ether oxygens (including phenoxy) is 2. The number of benzene rings is 1. The summed E-state index contributed by atoms with van der Waals surface area (Å²) in [7, 11) is 2.15. The second-order valence-corrected chi connectivity index (χ2v) is 5.89. The van der Waals surface area contributed by atoms with Crippen molar-refractivity contribution < 1.29 is 9.47 Å². The average molecular weight is 291 g/mol. The lowest BCUT2D eigenvalue weighted by Crippen LogP contribution is -2.36. The third kappa shape index (κ3) is 3.31. The van der Waals surface area contributed by atoms with Gasteiger partial charge in [-0.1, -0.05) is 6.07 Å². The second kappa shape index (κ2) is 6.64. The number of hydrogen-bond donors (Lipinski definition) is 1. The lowest BCUT2D eigenvalue weighted by atomic mass is 10.0. The molecule has 116 valence electrons. The number of nitrogens with two attached hydrogens (primary N) is 1. The monoisotopic (exact) mass is 291 g/mol. The molecular formula is C16H25N3O2. The lowest BCUT2D eigenvalue weighted by molar-refractivity contribution is 0.173. The van der Waals surface area contributed by atoms with Crippen molar-refractivity contribution in [3.63, 3.8) is 0 Å². The van der Waals surface area contributed by atoms with E-state index in [0.717, 1.165) is 24.6 Å². The van der Waals surface area contributed by atoms with Gasteiger partial charge in [0.25, 0.3) is 0 Å². The van der Waals surface area contributed by atoms with Gasteiger partial charge in [0.1, 0.15) is 0 Å². The van der Waals surface area contributed by atoms with Crippen LogP contribution < -0.4 is 15.2 Å². The van der Waals surface area contributed by atoms with Crippen LogP contribution in [-0.2, 0) is 0 Å². The molecule has 2 N–H and O–H groups in total. The summed E-state index contributed by atoms with van der Waals surface area (Å²) in [5.74, 6) is 1.66. The summed E-state index contributed by atoms with van der Waals surface area (Å²) < 4.78 is 10.8. The van der Waals surface area contributed by atoms with Gasteiger partial charge in [-0.05, 0) is 50.7 Å². The molecule has 1 fully saturated rings. The van der Waals surface area contributed by atoms with Gasteiger partial charge in [-0.25, -0.2) is 0 Å². The van der Waals surface area contributed by atoms with Crippen LogP contribution in [-0.4, -0.2) is 56.4 Å². The van der Waals surface area contributed by atoms with Gasteiger partial charge in [-0.3, -0.25) is 4.90 Å². The minimum absolute atomic E-state index is 0.224. The normalized spacial score (nSPS) is 19.4. The third-order valence-corrected chi connectivity index (χ3v) is 4.50. The van der Waals surface area contributed by atoms with E-state index in [4.69, 9.17) is 15.2 Å². The molecule has 21 heavy (non-hydrogen) atoms. The maximum atomic E-state index is 6.01. The van der Waals surface area contributed by atoms with Crippen LogP contribution in [0.4, 0.5) is 0 Å². The van der Waals surface area contributed by atoms with Crippen molar-refractivity contribution in [1.82, 2.24) is 9.80 Å². The Balaban J connectivity index is 1.63. The first-order valence-corrected chi connectivity index (χ1v) is 7.80. The van der Waals surface area contributed by atoms with Crippen LogP contribution in [0.1, 0.15) is 24.4 Å². The quantitative estimate of drug-likeness (QED) is 0.859. The van der Waals surface area contributed by atoms with Crippen molar-refractivity contribution >= 4 is 0 Å². The van der Waals surface area contributed by atoms with Crippen LogP contribution >= 0.6 is 0 Å². The molecule has 5 nitrogen and oxygen atoms in total. The molecule has 2 heterocycles. The molecule has 0 aliphatic carbocycles. The molecule has 1 atom stereocenters. The number of nitrogens with zero attached hydrogens (tertiary/aromatic N) is 2. The van der Waals surface area contributed by atoms with Crippen LogP contribution in [0.3, 0.4) is 0 Å². The Morgan fingerprint density at radius 3 is 2.76 bits per heavy atom. The van der Waals surface area contributed by atoms with Gasteiger partial charge in [-0.2, -0.15) is 0 Å². The van der Waals surface area contributed by atoms with E-state index in [9.17, 15) is 0 Å². The highest BCUT2D eigenvalue weighted by atomic mass is 16.7. The molecule has 0 spiro atoms. The Labute approximate surface area is 126 Å². The Morgan fingerprint density at radius 2 is 2.00 bits per heavy atom. The van der Waals surface area contributed by atoms with Gasteiger partial charge in [0.05, 0.1) is 0 Å². The fourth-order valence-electron chi connectivity index (χ4n) is 3.15. The number of rotatable bonds is 6. The molecule has 0 aromatic heterocycles. The summed E-state index contributed by atoms with van der Waals surface area (Å²) in [6.45, 7) is 5.57. The molecule has 5 heteroatoms. The van der Waals surface area contributed by atoms with Crippen molar-refractivity contribution in [3.05, 3.63) is 23.8 Å². The first kappa shape index (κ1) is 14.6. The first-order chi connectivity index (χ1) is 10.3. The van der Waals surface area contributed by atoms with E-state index in [1.54, 1.807) is 0 Å². The van der Waals surface area contributed by atoms with E-state index in [2.05, 4.69) is 29.0 Å². The van der Waals surface area contributed by atoms with Crippen molar-refractivity contribution in [2.24, 2.45) is 5.73 Å². The smallest absolute Gasteiger partial charge is 0.231 e. The Kier molecular flexibility index (Phi) is 4.63. The van der Waals surface area contributed by atoms with Crippen LogP contribution in [0.15, 0.2) is 18.2 Å². The van der Waals surface area contributed by atoms with Gasteiger partial charge >= 0.3 is 0 Å². The molecule has 0 amide bonds. The highest BCUT2D eigenvalue weighted by Gasteiger charge is 2.21. The summed E-state index contributed by atoms with van der Waals surface area (Å²) >= 11 is 0. The van der Waals surface area contributed by atoms with E-state index in [-0.39, 0.29) is 6.04 Å². The van der Waals surface area contributed by atoms with Crippen LogP contribution in [0.2, 0.25) is 0 Å². The van der Waals surface area contributed by atoms with E-state index < -0.39 is 0 Å².